The molecule has 1 N–H and O–H groups in total. The SMILES string of the molecule is Cc1cc2c(NCCc3ncn(C)n3)nc(Cl)nc2s1. The van der Waals surface area contributed by atoms with E-state index in [0.29, 0.717) is 6.54 Å². The van der Waals surface area contributed by atoms with Crippen molar-refractivity contribution in [3.8, 4) is 0 Å². The smallest absolute Gasteiger partial charge is 0.225 e. The lowest BCUT2D eigenvalue weighted by Crippen LogP contribution is -2.08. The van der Waals surface area contributed by atoms with E-state index in [4.69, 9.17) is 11.6 Å². The van der Waals surface area contributed by atoms with Crippen molar-refractivity contribution in [3.05, 3.63) is 28.4 Å². The number of hydrogen-bond donors (Lipinski definition) is 1. The number of aromatic nitrogens is 5. The van der Waals surface area contributed by atoms with Gasteiger partial charge in [-0.05, 0) is 24.6 Å². The van der Waals surface area contributed by atoms with E-state index in [1.54, 1.807) is 22.3 Å². The number of rotatable bonds is 4. The molecule has 104 valence electrons. The fourth-order valence-electron chi connectivity index (χ4n) is 1.94. The number of halogens is 1. The second-order valence-electron chi connectivity index (χ2n) is 4.43. The third kappa shape index (κ3) is 2.73. The molecule has 6 nitrogen and oxygen atoms in total. The maximum absolute atomic E-state index is 5.95. The summed E-state index contributed by atoms with van der Waals surface area (Å²) < 4.78 is 1.69. The highest BCUT2D eigenvalue weighted by Crippen LogP contribution is 2.29. The van der Waals surface area contributed by atoms with Gasteiger partial charge in [0.25, 0.3) is 0 Å². The zero-order valence-corrected chi connectivity index (χ0v) is 12.7. The normalized spacial score (nSPS) is 11.2. The van der Waals surface area contributed by atoms with E-state index in [1.807, 2.05) is 14.0 Å². The average Bonchev–Trinajstić information content (AvgIpc) is 2.94. The largest absolute Gasteiger partial charge is 0.369 e. The molecule has 0 atom stereocenters. The van der Waals surface area contributed by atoms with Crippen LogP contribution in [0.15, 0.2) is 12.4 Å². The molecule has 3 rings (SSSR count). The highest BCUT2D eigenvalue weighted by molar-refractivity contribution is 7.18. The summed E-state index contributed by atoms with van der Waals surface area (Å²) in [5.74, 6) is 1.57. The highest BCUT2D eigenvalue weighted by Gasteiger charge is 2.09. The molecule has 0 radical (unpaired) electrons. The van der Waals surface area contributed by atoms with Gasteiger partial charge in [0.1, 0.15) is 17.0 Å². The number of thiophene rings is 1. The first-order valence-corrected chi connectivity index (χ1v) is 7.33. The van der Waals surface area contributed by atoms with Crippen LogP contribution in [0.4, 0.5) is 5.82 Å². The topological polar surface area (TPSA) is 68.5 Å². The van der Waals surface area contributed by atoms with Gasteiger partial charge in [-0.25, -0.2) is 15.0 Å². The molecule has 0 saturated heterocycles. The molecule has 0 saturated carbocycles. The Morgan fingerprint density at radius 1 is 1.40 bits per heavy atom. The maximum atomic E-state index is 5.95. The van der Waals surface area contributed by atoms with E-state index >= 15 is 0 Å². The van der Waals surface area contributed by atoms with Crippen LogP contribution in [0.2, 0.25) is 5.28 Å². The molecule has 0 spiro atoms. The van der Waals surface area contributed by atoms with Crippen LogP contribution in [-0.2, 0) is 13.5 Å². The van der Waals surface area contributed by atoms with Crippen LogP contribution in [0.3, 0.4) is 0 Å². The third-order valence-corrected chi connectivity index (χ3v) is 3.89. The Morgan fingerprint density at radius 3 is 3.00 bits per heavy atom. The van der Waals surface area contributed by atoms with Gasteiger partial charge < -0.3 is 5.32 Å². The summed E-state index contributed by atoms with van der Waals surface area (Å²) in [7, 11) is 1.85. The van der Waals surface area contributed by atoms with Crippen LogP contribution < -0.4 is 5.32 Å². The summed E-state index contributed by atoms with van der Waals surface area (Å²) in [5, 5.41) is 8.78. The molecule has 0 aliphatic carbocycles. The fraction of sp³-hybridized carbons (Fsp3) is 0.333. The number of anilines is 1. The minimum absolute atomic E-state index is 0.262. The van der Waals surface area contributed by atoms with Crippen molar-refractivity contribution >= 4 is 39.0 Å². The Labute approximate surface area is 124 Å². The fourth-order valence-corrected chi connectivity index (χ4v) is 3.04. The Balaban J connectivity index is 1.76. The quantitative estimate of drug-likeness (QED) is 0.750. The summed E-state index contributed by atoms with van der Waals surface area (Å²) in [4.78, 5) is 14.8. The Hall–Kier alpha value is -1.73. The van der Waals surface area contributed by atoms with Crippen LogP contribution in [0.1, 0.15) is 10.7 Å². The van der Waals surface area contributed by atoms with E-state index in [2.05, 4.69) is 31.4 Å². The van der Waals surface area contributed by atoms with Crippen molar-refractivity contribution in [2.45, 2.75) is 13.3 Å². The first-order chi connectivity index (χ1) is 9.61. The second-order valence-corrected chi connectivity index (χ2v) is 6.00. The van der Waals surface area contributed by atoms with Crippen molar-refractivity contribution < 1.29 is 0 Å². The molecular weight excluding hydrogens is 296 g/mol. The maximum Gasteiger partial charge on any atom is 0.225 e. The predicted molar refractivity (Wildman–Crippen MR) is 80.4 cm³/mol. The van der Waals surface area contributed by atoms with E-state index in [9.17, 15) is 0 Å². The number of nitrogens with zero attached hydrogens (tertiary/aromatic N) is 5. The van der Waals surface area contributed by atoms with Crippen LogP contribution in [0, 0.1) is 6.92 Å². The van der Waals surface area contributed by atoms with Crippen molar-refractivity contribution in [2.24, 2.45) is 7.05 Å². The second kappa shape index (κ2) is 5.34. The van der Waals surface area contributed by atoms with E-state index in [-0.39, 0.29) is 5.28 Å². The standard InChI is InChI=1S/C12H13ClN6S/c1-7-5-8-10(16-12(13)17-11(8)20-7)14-4-3-9-15-6-19(2)18-9/h5-6H,3-4H2,1-2H3,(H,14,16,17). The van der Waals surface area contributed by atoms with Crippen LogP contribution >= 0.6 is 22.9 Å². The lowest BCUT2D eigenvalue weighted by Gasteiger charge is -2.05. The third-order valence-electron chi connectivity index (χ3n) is 2.78. The Kier molecular flexibility index (Phi) is 3.54. The van der Waals surface area contributed by atoms with Gasteiger partial charge >= 0.3 is 0 Å². The van der Waals surface area contributed by atoms with Gasteiger partial charge in [-0.1, -0.05) is 0 Å². The monoisotopic (exact) mass is 308 g/mol. The Bertz CT molecular complexity index is 750. The first-order valence-electron chi connectivity index (χ1n) is 6.14. The molecule has 0 aliphatic rings. The van der Waals surface area contributed by atoms with Gasteiger partial charge in [-0.3, -0.25) is 4.68 Å². The molecule has 3 heterocycles. The molecule has 0 bridgehead atoms. The molecule has 0 aromatic carbocycles. The summed E-state index contributed by atoms with van der Waals surface area (Å²) in [5.41, 5.74) is 0. The lowest BCUT2D eigenvalue weighted by molar-refractivity contribution is 0.742. The van der Waals surface area contributed by atoms with Crippen molar-refractivity contribution in [1.29, 1.82) is 0 Å². The summed E-state index contributed by atoms with van der Waals surface area (Å²) >= 11 is 7.56. The molecule has 20 heavy (non-hydrogen) atoms. The molecule has 0 unspecified atom stereocenters. The molecule has 3 aromatic heterocycles. The zero-order valence-electron chi connectivity index (χ0n) is 11.1. The molecule has 0 fully saturated rings. The van der Waals surface area contributed by atoms with Gasteiger partial charge in [-0.2, -0.15) is 5.10 Å². The number of nitrogens with one attached hydrogen (secondary N) is 1. The van der Waals surface area contributed by atoms with Gasteiger partial charge in [0.05, 0.1) is 5.39 Å². The van der Waals surface area contributed by atoms with Crippen LogP contribution in [0.25, 0.3) is 10.2 Å². The number of fused-ring (bicyclic) bond motifs is 1. The average molecular weight is 309 g/mol. The summed E-state index contributed by atoms with van der Waals surface area (Å²) in [6.45, 7) is 2.74. The first kappa shape index (κ1) is 13.3. The lowest BCUT2D eigenvalue weighted by atomic mass is 10.3. The van der Waals surface area contributed by atoms with E-state index in [1.165, 1.54) is 4.88 Å². The van der Waals surface area contributed by atoms with E-state index < -0.39 is 0 Å². The van der Waals surface area contributed by atoms with Gasteiger partial charge in [0, 0.05) is 24.9 Å². The number of hydrogen-bond acceptors (Lipinski definition) is 6. The summed E-state index contributed by atoms with van der Waals surface area (Å²) in [6, 6.07) is 2.07. The zero-order chi connectivity index (χ0) is 14.1. The molecule has 0 aliphatic heterocycles. The van der Waals surface area contributed by atoms with Crippen LogP contribution in [-0.4, -0.2) is 31.3 Å². The summed E-state index contributed by atoms with van der Waals surface area (Å²) in [6.07, 6.45) is 2.42. The van der Waals surface area contributed by atoms with E-state index in [0.717, 1.165) is 28.3 Å². The minimum Gasteiger partial charge on any atom is -0.369 e. The highest BCUT2D eigenvalue weighted by atomic mass is 35.5. The molecule has 8 heteroatoms. The molecular formula is C12H13ClN6S. The van der Waals surface area contributed by atoms with Crippen LogP contribution in [0.5, 0.6) is 0 Å². The Morgan fingerprint density at radius 2 is 2.25 bits per heavy atom. The minimum atomic E-state index is 0.262. The van der Waals surface area contributed by atoms with Crippen molar-refractivity contribution in [1.82, 2.24) is 24.7 Å². The predicted octanol–water partition coefficient (Wildman–Crippen LogP) is 2.44. The van der Waals surface area contributed by atoms with Gasteiger partial charge in [-0.15, -0.1) is 11.3 Å². The molecule has 3 aromatic rings. The van der Waals surface area contributed by atoms with Crippen molar-refractivity contribution in [2.75, 3.05) is 11.9 Å². The van der Waals surface area contributed by atoms with Gasteiger partial charge in [0.2, 0.25) is 5.28 Å². The van der Waals surface area contributed by atoms with Gasteiger partial charge in [0.15, 0.2) is 5.82 Å². The number of aryl methyl sites for hydroxylation is 2. The molecule has 0 amide bonds. The van der Waals surface area contributed by atoms with Crippen molar-refractivity contribution in [3.63, 3.8) is 0 Å².